The van der Waals surface area contributed by atoms with Crippen LogP contribution in [0.25, 0.3) is 0 Å². The van der Waals surface area contributed by atoms with Gasteiger partial charge in [0.2, 0.25) is 5.91 Å². The Hall–Kier alpha value is -0.620. The third kappa shape index (κ3) is 3.52. The van der Waals surface area contributed by atoms with Gasteiger partial charge in [-0.15, -0.1) is 23.7 Å². The molecular formula is C14H22ClN3OS. The van der Waals surface area contributed by atoms with E-state index in [9.17, 15) is 4.79 Å². The van der Waals surface area contributed by atoms with Gasteiger partial charge in [0.25, 0.3) is 0 Å². The lowest BCUT2D eigenvalue weighted by molar-refractivity contribution is -0.129. The van der Waals surface area contributed by atoms with E-state index in [1.165, 1.54) is 17.7 Å². The van der Waals surface area contributed by atoms with Crippen molar-refractivity contribution >= 4 is 29.7 Å². The minimum atomic E-state index is -0.0734. The van der Waals surface area contributed by atoms with Crippen LogP contribution < -0.4 is 10.6 Å². The third-order valence-corrected chi connectivity index (χ3v) is 4.94. The van der Waals surface area contributed by atoms with Crippen molar-refractivity contribution in [2.75, 3.05) is 32.7 Å². The zero-order valence-electron chi connectivity index (χ0n) is 11.5. The predicted molar refractivity (Wildman–Crippen MR) is 84.5 cm³/mol. The summed E-state index contributed by atoms with van der Waals surface area (Å²) in [5, 5.41) is 8.51. The number of nitrogens with one attached hydrogen (secondary N) is 2. The highest BCUT2D eigenvalue weighted by Crippen LogP contribution is 2.28. The molecule has 20 heavy (non-hydrogen) atoms. The molecule has 2 aliphatic rings. The van der Waals surface area contributed by atoms with Crippen LogP contribution in [-0.2, 0) is 4.79 Å². The number of hydrogen-bond donors (Lipinski definition) is 2. The van der Waals surface area contributed by atoms with E-state index in [1.54, 1.807) is 11.3 Å². The van der Waals surface area contributed by atoms with Crippen LogP contribution in [0.2, 0.25) is 0 Å². The molecule has 1 aromatic rings. The highest BCUT2D eigenvalue weighted by molar-refractivity contribution is 7.10. The first-order valence-electron chi connectivity index (χ1n) is 7.10. The third-order valence-electron chi connectivity index (χ3n) is 4.02. The SMILES string of the molecule is Cl.O=C1NCCN(CC2CCCNC2)C1c1cccs1. The molecule has 6 heteroatoms. The zero-order valence-corrected chi connectivity index (χ0v) is 13.1. The summed E-state index contributed by atoms with van der Waals surface area (Å²) in [6.07, 6.45) is 2.54. The standard InChI is InChI=1S/C14H21N3OS.ClH/c18-14-13(12-4-2-8-19-12)17(7-6-16-14)10-11-3-1-5-15-9-11;/h2,4,8,11,13,15H,1,3,5-7,9-10H2,(H,16,18);1H. The van der Waals surface area contributed by atoms with Crippen LogP contribution in [0.1, 0.15) is 23.8 Å². The van der Waals surface area contributed by atoms with Crippen molar-refractivity contribution in [1.82, 2.24) is 15.5 Å². The molecule has 2 N–H and O–H groups in total. The Morgan fingerprint density at radius 1 is 1.40 bits per heavy atom. The van der Waals surface area contributed by atoms with Gasteiger partial charge in [-0.25, -0.2) is 0 Å². The van der Waals surface area contributed by atoms with Crippen molar-refractivity contribution < 1.29 is 4.79 Å². The molecule has 3 heterocycles. The molecule has 0 radical (unpaired) electrons. The molecule has 0 aromatic carbocycles. The summed E-state index contributed by atoms with van der Waals surface area (Å²) >= 11 is 1.68. The molecule has 2 atom stereocenters. The molecular weight excluding hydrogens is 294 g/mol. The number of carbonyl (C=O) groups excluding carboxylic acids is 1. The number of piperazine rings is 1. The molecule has 2 fully saturated rings. The molecule has 0 bridgehead atoms. The number of nitrogens with zero attached hydrogens (tertiary/aromatic N) is 1. The van der Waals surface area contributed by atoms with Crippen LogP contribution >= 0.6 is 23.7 Å². The first-order chi connectivity index (χ1) is 9.34. The van der Waals surface area contributed by atoms with Gasteiger partial charge in [-0.2, -0.15) is 0 Å². The number of halogens is 1. The van der Waals surface area contributed by atoms with Crippen molar-refractivity contribution in [2.24, 2.45) is 5.92 Å². The lowest BCUT2D eigenvalue weighted by Gasteiger charge is -2.37. The zero-order chi connectivity index (χ0) is 13.1. The first kappa shape index (κ1) is 15.8. The van der Waals surface area contributed by atoms with Crippen LogP contribution in [0.3, 0.4) is 0 Å². The molecule has 0 aliphatic carbocycles. The number of thiophene rings is 1. The Bertz CT molecular complexity index is 420. The van der Waals surface area contributed by atoms with Crippen LogP contribution in [0, 0.1) is 5.92 Å². The van der Waals surface area contributed by atoms with Gasteiger partial charge >= 0.3 is 0 Å². The van der Waals surface area contributed by atoms with Crippen LogP contribution in [0.4, 0.5) is 0 Å². The van der Waals surface area contributed by atoms with Gasteiger partial charge in [-0.05, 0) is 43.3 Å². The van der Waals surface area contributed by atoms with E-state index in [2.05, 4.69) is 27.0 Å². The van der Waals surface area contributed by atoms with Crippen LogP contribution in [0.15, 0.2) is 17.5 Å². The van der Waals surface area contributed by atoms with Crippen molar-refractivity contribution in [1.29, 1.82) is 0 Å². The Morgan fingerprint density at radius 2 is 2.30 bits per heavy atom. The van der Waals surface area contributed by atoms with E-state index in [1.807, 2.05) is 6.07 Å². The summed E-state index contributed by atoms with van der Waals surface area (Å²) in [6.45, 7) is 5.01. The van der Waals surface area contributed by atoms with Gasteiger partial charge in [-0.1, -0.05) is 6.07 Å². The molecule has 0 spiro atoms. The van der Waals surface area contributed by atoms with Crippen molar-refractivity contribution in [3.05, 3.63) is 22.4 Å². The molecule has 2 aliphatic heterocycles. The summed E-state index contributed by atoms with van der Waals surface area (Å²) in [7, 11) is 0. The molecule has 4 nitrogen and oxygen atoms in total. The number of carbonyl (C=O) groups is 1. The highest BCUT2D eigenvalue weighted by atomic mass is 35.5. The van der Waals surface area contributed by atoms with Crippen molar-refractivity contribution in [3.8, 4) is 0 Å². The fourth-order valence-electron chi connectivity index (χ4n) is 3.08. The molecule has 3 rings (SSSR count). The number of rotatable bonds is 3. The maximum absolute atomic E-state index is 12.2. The smallest absolute Gasteiger partial charge is 0.242 e. The molecule has 1 amide bonds. The second kappa shape index (κ2) is 7.41. The fourth-order valence-corrected chi connectivity index (χ4v) is 3.93. The maximum atomic E-state index is 12.2. The summed E-state index contributed by atoms with van der Waals surface area (Å²) in [4.78, 5) is 15.7. The Balaban J connectivity index is 0.00000147. The largest absolute Gasteiger partial charge is 0.353 e. The van der Waals surface area contributed by atoms with Gasteiger partial charge < -0.3 is 10.6 Å². The summed E-state index contributed by atoms with van der Waals surface area (Å²) < 4.78 is 0. The second-order valence-electron chi connectivity index (χ2n) is 5.42. The van der Waals surface area contributed by atoms with Gasteiger partial charge in [0.15, 0.2) is 0 Å². The first-order valence-corrected chi connectivity index (χ1v) is 7.98. The number of piperidine rings is 1. The summed E-state index contributed by atoms with van der Waals surface area (Å²) in [5.74, 6) is 0.847. The highest BCUT2D eigenvalue weighted by Gasteiger charge is 2.33. The number of amides is 1. The van der Waals surface area contributed by atoms with Gasteiger partial charge in [0.05, 0.1) is 0 Å². The van der Waals surface area contributed by atoms with Crippen molar-refractivity contribution in [2.45, 2.75) is 18.9 Å². The monoisotopic (exact) mass is 315 g/mol. The predicted octanol–water partition coefficient (Wildman–Crippen LogP) is 1.64. The van der Waals surface area contributed by atoms with E-state index in [0.717, 1.165) is 32.7 Å². The van der Waals surface area contributed by atoms with E-state index in [4.69, 9.17) is 0 Å². The van der Waals surface area contributed by atoms with E-state index in [0.29, 0.717) is 5.92 Å². The van der Waals surface area contributed by atoms with Crippen molar-refractivity contribution in [3.63, 3.8) is 0 Å². The average Bonchev–Trinajstić information content (AvgIpc) is 2.94. The lowest BCUT2D eigenvalue weighted by Crippen LogP contribution is -2.52. The topological polar surface area (TPSA) is 44.4 Å². The quantitative estimate of drug-likeness (QED) is 0.891. The minimum Gasteiger partial charge on any atom is -0.353 e. The molecule has 1 aromatic heterocycles. The maximum Gasteiger partial charge on any atom is 0.242 e. The second-order valence-corrected chi connectivity index (χ2v) is 6.40. The Labute approximate surface area is 130 Å². The molecule has 2 unspecified atom stereocenters. The van der Waals surface area contributed by atoms with Gasteiger partial charge in [0, 0.05) is 24.5 Å². The van der Waals surface area contributed by atoms with E-state index in [-0.39, 0.29) is 24.4 Å². The summed E-state index contributed by atoms with van der Waals surface area (Å²) in [5.41, 5.74) is 0. The Morgan fingerprint density at radius 3 is 3.00 bits per heavy atom. The Kier molecular flexibility index (Phi) is 5.84. The van der Waals surface area contributed by atoms with Gasteiger partial charge in [-0.3, -0.25) is 9.69 Å². The van der Waals surface area contributed by atoms with E-state index >= 15 is 0 Å². The minimum absolute atomic E-state index is 0. The van der Waals surface area contributed by atoms with E-state index < -0.39 is 0 Å². The summed E-state index contributed by atoms with van der Waals surface area (Å²) in [6, 6.07) is 4.03. The fraction of sp³-hybridized carbons (Fsp3) is 0.643. The normalized spacial score (nSPS) is 27.7. The van der Waals surface area contributed by atoms with Gasteiger partial charge in [0.1, 0.15) is 6.04 Å². The number of hydrogen-bond acceptors (Lipinski definition) is 4. The average molecular weight is 316 g/mol. The molecule has 0 saturated carbocycles. The van der Waals surface area contributed by atoms with Crippen LogP contribution in [-0.4, -0.2) is 43.5 Å². The molecule has 112 valence electrons. The van der Waals surface area contributed by atoms with Crippen LogP contribution in [0.5, 0.6) is 0 Å². The molecule has 2 saturated heterocycles. The lowest BCUT2D eigenvalue weighted by atomic mass is 9.97.